The number of benzene rings is 1. The highest BCUT2D eigenvalue weighted by atomic mass is 35.5. The van der Waals surface area contributed by atoms with Crippen molar-refractivity contribution in [3.8, 4) is 5.69 Å². The molecule has 0 fully saturated rings. The summed E-state index contributed by atoms with van der Waals surface area (Å²) in [6.07, 6.45) is 0.712. The Bertz CT molecular complexity index is 612. The number of fused-ring (bicyclic) bond motifs is 1. The molecule has 0 saturated carbocycles. The molecule has 1 aromatic carbocycles. The third-order valence-corrected chi connectivity index (χ3v) is 3.30. The topological polar surface area (TPSA) is 53.1 Å². The lowest BCUT2D eigenvalue weighted by atomic mass is 10.1. The lowest BCUT2D eigenvalue weighted by Gasteiger charge is -2.14. The lowest BCUT2D eigenvalue weighted by molar-refractivity contribution is 0.110. The Morgan fingerprint density at radius 3 is 3.06 bits per heavy atom. The normalized spacial score (nSPS) is 14.6. The quantitative estimate of drug-likeness (QED) is 0.863. The molecule has 0 spiro atoms. The number of halogens is 2. The number of rotatable bonds is 1. The van der Waals surface area contributed by atoms with Crippen LogP contribution >= 0.6 is 11.6 Å². The summed E-state index contributed by atoms with van der Waals surface area (Å²) >= 11 is 5.67. The van der Waals surface area contributed by atoms with Crippen LogP contribution in [-0.2, 0) is 17.8 Å². The van der Waals surface area contributed by atoms with E-state index in [4.69, 9.17) is 22.1 Å². The molecule has 2 heterocycles. The maximum Gasteiger partial charge on any atom is 0.151 e. The Morgan fingerprint density at radius 1 is 1.44 bits per heavy atom. The number of nitrogens with zero attached hydrogens (tertiary/aromatic N) is 2. The molecule has 2 N–H and O–H groups in total. The van der Waals surface area contributed by atoms with Crippen LogP contribution in [-0.4, -0.2) is 16.4 Å². The van der Waals surface area contributed by atoms with E-state index in [9.17, 15) is 4.39 Å². The number of aromatic nitrogens is 2. The minimum absolute atomic E-state index is 0.0936. The fourth-order valence-corrected chi connectivity index (χ4v) is 2.21. The molecule has 18 heavy (non-hydrogen) atoms. The van der Waals surface area contributed by atoms with Crippen LogP contribution in [0.25, 0.3) is 5.69 Å². The number of anilines is 1. The number of hydrogen-bond donors (Lipinski definition) is 1. The van der Waals surface area contributed by atoms with Crippen molar-refractivity contribution in [3.05, 3.63) is 40.3 Å². The highest BCUT2D eigenvalue weighted by molar-refractivity contribution is 6.30. The van der Waals surface area contributed by atoms with Gasteiger partial charge in [0, 0.05) is 18.1 Å². The molecule has 0 unspecified atom stereocenters. The van der Waals surface area contributed by atoms with E-state index < -0.39 is 5.82 Å². The Balaban J connectivity index is 2.14. The third kappa shape index (κ3) is 1.76. The largest absolute Gasteiger partial charge is 0.382 e. The standard InChI is InChI=1S/C12H11ClFN3O/c13-9-2-1-7(5-10(9)14)17-11-3-4-18-6-8(11)12(15)16-17/h1-2,5H,3-4,6H2,(H2,15,16). The van der Waals surface area contributed by atoms with Crippen LogP contribution < -0.4 is 5.73 Å². The summed E-state index contributed by atoms with van der Waals surface area (Å²) in [6, 6.07) is 4.58. The van der Waals surface area contributed by atoms with E-state index in [1.165, 1.54) is 12.1 Å². The molecule has 94 valence electrons. The van der Waals surface area contributed by atoms with E-state index in [2.05, 4.69) is 5.10 Å². The molecule has 2 aromatic rings. The van der Waals surface area contributed by atoms with Crippen LogP contribution in [0.2, 0.25) is 5.02 Å². The van der Waals surface area contributed by atoms with E-state index in [1.54, 1.807) is 10.7 Å². The molecule has 1 aliphatic heterocycles. The maximum absolute atomic E-state index is 13.5. The number of nitrogens with two attached hydrogens (primary N) is 1. The smallest absolute Gasteiger partial charge is 0.151 e. The zero-order valence-electron chi connectivity index (χ0n) is 9.49. The van der Waals surface area contributed by atoms with Crippen LogP contribution in [0, 0.1) is 5.82 Å². The van der Waals surface area contributed by atoms with Gasteiger partial charge in [-0.1, -0.05) is 11.6 Å². The Morgan fingerprint density at radius 2 is 2.28 bits per heavy atom. The SMILES string of the molecule is Nc1nn(-c2ccc(Cl)c(F)c2)c2c1COCC2. The molecule has 1 aromatic heterocycles. The molecule has 1 aliphatic rings. The van der Waals surface area contributed by atoms with E-state index in [1.807, 2.05) is 0 Å². The van der Waals surface area contributed by atoms with Gasteiger partial charge < -0.3 is 10.5 Å². The third-order valence-electron chi connectivity index (χ3n) is 3.00. The van der Waals surface area contributed by atoms with Crippen LogP contribution in [0.3, 0.4) is 0 Å². The van der Waals surface area contributed by atoms with Gasteiger partial charge in [-0.25, -0.2) is 9.07 Å². The minimum atomic E-state index is -0.468. The molecule has 0 saturated heterocycles. The highest BCUT2D eigenvalue weighted by Gasteiger charge is 2.20. The zero-order valence-corrected chi connectivity index (χ0v) is 10.2. The first kappa shape index (κ1) is 11.5. The zero-order chi connectivity index (χ0) is 12.7. The summed E-state index contributed by atoms with van der Waals surface area (Å²) < 4.78 is 20.5. The summed E-state index contributed by atoms with van der Waals surface area (Å²) in [5.41, 5.74) is 8.31. The summed E-state index contributed by atoms with van der Waals surface area (Å²) in [6.45, 7) is 1.07. The molecular formula is C12H11ClFN3O. The van der Waals surface area contributed by atoms with Gasteiger partial charge in [-0.05, 0) is 12.1 Å². The monoisotopic (exact) mass is 267 g/mol. The second-order valence-electron chi connectivity index (χ2n) is 4.12. The van der Waals surface area contributed by atoms with Crippen molar-refractivity contribution in [2.24, 2.45) is 0 Å². The van der Waals surface area contributed by atoms with E-state index in [0.717, 1.165) is 11.3 Å². The van der Waals surface area contributed by atoms with Gasteiger partial charge in [-0.3, -0.25) is 0 Å². The summed E-state index contributed by atoms with van der Waals surface area (Å²) in [5.74, 6) is -0.0379. The van der Waals surface area contributed by atoms with Crippen LogP contribution in [0.4, 0.5) is 10.2 Å². The maximum atomic E-state index is 13.5. The average Bonchev–Trinajstić information content (AvgIpc) is 2.71. The van der Waals surface area contributed by atoms with Crippen molar-refractivity contribution in [3.63, 3.8) is 0 Å². The molecule has 0 bridgehead atoms. The summed E-state index contributed by atoms with van der Waals surface area (Å²) in [7, 11) is 0. The first-order chi connectivity index (χ1) is 8.66. The first-order valence-corrected chi connectivity index (χ1v) is 5.94. The van der Waals surface area contributed by atoms with Gasteiger partial charge >= 0.3 is 0 Å². The van der Waals surface area contributed by atoms with Gasteiger partial charge in [-0.15, -0.1) is 0 Å². The van der Waals surface area contributed by atoms with Crippen molar-refractivity contribution in [1.29, 1.82) is 0 Å². The van der Waals surface area contributed by atoms with Crippen molar-refractivity contribution < 1.29 is 9.13 Å². The molecule has 0 radical (unpaired) electrons. The molecule has 3 rings (SSSR count). The van der Waals surface area contributed by atoms with E-state index >= 15 is 0 Å². The predicted molar refractivity (Wildman–Crippen MR) is 66.3 cm³/mol. The van der Waals surface area contributed by atoms with Gasteiger partial charge in [-0.2, -0.15) is 5.10 Å². The number of ether oxygens (including phenoxy) is 1. The Hall–Kier alpha value is -1.59. The minimum Gasteiger partial charge on any atom is -0.382 e. The van der Waals surface area contributed by atoms with Crippen LogP contribution in [0.5, 0.6) is 0 Å². The van der Waals surface area contributed by atoms with E-state index in [0.29, 0.717) is 31.1 Å². The van der Waals surface area contributed by atoms with Gasteiger partial charge in [0.05, 0.1) is 29.6 Å². The number of hydrogen-bond acceptors (Lipinski definition) is 3. The van der Waals surface area contributed by atoms with Crippen molar-refractivity contribution in [2.45, 2.75) is 13.0 Å². The molecule has 0 atom stereocenters. The van der Waals surface area contributed by atoms with Crippen LogP contribution in [0.15, 0.2) is 18.2 Å². The Kier molecular flexibility index (Phi) is 2.72. The molecule has 0 aliphatic carbocycles. The molecule has 6 heteroatoms. The summed E-state index contributed by atoms with van der Waals surface area (Å²) in [5, 5.41) is 4.33. The predicted octanol–water partition coefficient (Wildman–Crippen LogP) is 2.32. The molecular weight excluding hydrogens is 257 g/mol. The van der Waals surface area contributed by atoms with Crippen molar-refractivity contribution in [1.82, 2.24) is 9.78 Å². The fourth-order valence-electron chi connectivity index (χ4n) is 2.09. The van der Waals surface area contributed by atoms with Gasteiger partial charge in [0.15, 0.2) is 5.82 Å². The van der Waals surface area contributed by atoms with Crippen molar-refractivity contribution >= 4 is 17.4 Å². The van der Waals surface area contributed by atoms with Crippen molar-refractivity contribution in [2.75, 3.05) is 12.3 Å². The van der Waals surface area contributed by atoms with Gasteiger partial charge in [0.2, 0.25) is 0 Å². The number of nitrogen functional groups attached to an aromatic ring is 1. The highest BCUT2D eigenvalue weighted by Crippen LogP contribution is 2.26. The molecule has 0 amide bonds. The molecule has 4 nitrogen and oxygen atoms in total. The summed E-state index contributed by atoms with van der Waals surface area (Å²) in [4.78, 5) is 0. The van der Waals surface area contributed by atoms with Crippen LogP contribution in [0.1, 0.15) is 11.3 Å². The lowest BCUT2D eigenvalue weighted by Crippen LogP contribution is -2.13. The van der Waals surface area contributed by atoms with Gasteiger partial charge in [0.1, 0.15) is 5.82 Å². The van der Waals surface area contributed by atoms with Gasteiger partial charge in [0.25, 0.3) is 0 Å². The fraction of sp³-hybridized carbons (Fsp3) is 0.250. The van der Waals surface area contributed by atoms with E-state index in [-0.39, 0.29) is 5.02 Å². The second-order valence-corrected chi connectivity index (χ2v) is 4.53. The first-order valence-electron chi connectivity index (χ1n) is 5.56. The Labute approximate surface area is 108 Å². The average molecular weight is 268 g/mol. The second kappa shape index (κ2) is 4.26.